The van der Waals surface area contributed by atoms with Crippen LogP contribution < -0.4 is 16.4 Å². The van der Waals surface area contributed by atoms with Gasteiger partial charge in [0.15, 0.2) is 0 Å². The summed E-state index contributed by atoms with van der Waals surface area (Å²) in [5, 5.41) is 16.6. The van der Waals surface area contributed by atoms with E-state index in [1.807, 2.05) is 55.5 Å². The number of amides is 1. The zero-order valence-corrected chi connectivity index (χ0v) is 20.8. The van der Waals surface area contributed by atoms with Crippen LogP contribution in [0.15, 0.2) is 58.1 Å². The van der Waals surface area contributed by atoms with Gasteiger partial charge in [0.05, 0.1) is 23.9 Å². The molecule has 3 heterocycles. The molecular weight excluding hydrogens is 470 g/mol. The number of hydrogen-bond donors (Lipinski definition) is 4. The van der Waals surface area contributed by atoms with E-state index in [0.29, 0.717) is 28.7 Å². The first-order chi connectivity index (χ1) is 17.8. The maximum atomic E-state index is 13.1. The summed E-state index contributed by atoms with van der Waals surface area (Å²) in [6.07, 6.45) is 0.342. The highest BCUT2D eigenvalue weighted by atomic mass is 16.3. The number of aliphatic hydroxyl groups excluding tert-OH is 1. The Morgan fingerprint density at radius 2 is 1.78 bits per heavy atom. The van der Waals surface area contributed by atoms with Crippen molar-refractivity contribution in [2.45, 2.75) is 33.3 Å². The lowest BCUT2D eigenvalue weighted by Crippen LogP contribution is -2.23. The maximum Gasteiger partial charge on any atom is 0.273 e. The third-order valence-corrected chi connectivity index (χ3v) is 6.72. The van der Waals surface area contributed by atoms with Crippen molar-refractivity contribution < 1.29 is 9.90 Å². The van der Waals surface area contributed by atoms with Crippen LogP contribution in [0, 0.1) is 13.8 Å². The molecule has 0 radical (unpaired) electrons. The van der Waals surface area contributed by atoms with Gasteiger partial charge < -0.3 is 15.4 Å². The average Bonchev–Trinajstić information content (AvgIpc) is 3.15. The molecule has 37 heavy (non-hydrogen) atoms. The number of fused-ring (bicyclic) bond motifs is 2. The van der Waals surface area contributed by atoms with Crippen LogP contribution in [0.2, 0.25) is 0 Å². The van der Waals surface area contributed by atoms with E-state index in [9.17, 15) is 19.5 Å². The van der Waals surface area contributed by atoms with Gasteiger partial charge in [0.2, 0.25) is 5.91 Å². The van der Waals surface area contributed by atoms with E-state index in [0.717, 1.165) is 33.3 Å². The van der Waals surface area contributed by atoms with Gasteiger partial charge in [0.1, 0.15) is 5.65 Å². The summed E-state index contributed by atoms with van der Waals surface area (Å²) in [4.78, 5) is 45.5. The lowest BCUT2D eigenvalue weighted by atomic mass is 9.98. The van der Waals surface area contributed by atoms with Crippen molar-refractivity contribution in [1.82, 2.24) is 19.7 Å². The van der Waals surface area contributed by atoms with E-state index in [4.69, 9.17) is 4.98 Å². The van der Waals surface area contributed by atoms with E-state index >= 15 is 0 Å². The molecule has 0 fully saturated rings. The van der Waals surface area contributed by atoms with Crippen molar-refractivity contribution in [2.75, 3.05) is 5.32 Å². The molecule has 0 saturated carbocycles. The number of nitrogens with zero attached hydrogens (tertiary/aromatic N) is 2. The fraction of sp³-hybridized carbons (Fsp3) is 0.214. The largest absolute Gasteiger partial charge is 0.392 e. The summed E-state index contributed by atoms with van der Waals surface area (Å²) < 4.78 is 1.46. The highest BCUT2D eigenvalue weighted by Crippen LogP contribution is 2.26. The monoisotopic (exact) mass is 497 g/mol. The predicted molar refractivity (Wildman–Crippen MR) is 143 cm³/mol. The van der Waals surface area contributed by atoms with Gasteiger partial charge in [-0.3, -0.25) is 29.1 Å². The summed E-state index contributed by atoms with van der Waals surface area (Å²) in [6, 6.07) is 15.2. The van der Waals surface area contributed by atoms with E-state index < -0.39 is 5.56 Å². The summed E-state index contributed by atoms with van der Waals surface area (Å²) in [7, 11) is 1.64. The van der Waals surface area contributed by atoms with Crippen LogP contribution in [0.4, 0.5) is 5.69 Å². The lowest BCUT2D eigenvalue weighted by molar-refractivity contribution is -0.115. The van der Waals surface area contributed by atoms with Crippen LogP contribution in [0.5, 0.6) is 0 Å². The molecule has 3 aromatic heterocycles. The number of H-pyrrole nitrogens is 2. The number of aryl methyl sites for hydroxylation is 3. The van der Waals surface area contributed by atoms with Crippen LogP contribution in [0.1, 0.15) is 33.5 Å². The molecule has 0 saturated heterocycles. The molecule has 0 aliphatic carbocycles. The summed E-state index contributed by atoms with van der Waals surface area (Å²) >= 11 is 0. The first kappa shape index (κ1) is 24.2. The number of benzene rings is 2. The second-order valence-corrected chi connectivity index (χ2v) is 9.23. The Morgan fingerprint density at radius 1 is 1.03 bits per heavy atom. The zero-order chi connectivity index (χ0) is 26.3. The van der Waals surface area contributed by atoms with Gasteiger partial charge in [-0.25, -0.2) is 0 Å². The van der Waals surface area contributed by atoms with E-state index in [1.54, 1.807) is 14.0 Å². The van der Waals surface area contributed by atoms with Gasteiger partial charge in [0, 0.05) is 35.8 Å². The number of hydrogen-bond acceptors (Lipinski definition) is 5. The Kier molecular flexibility index (Phi) is 6.22. The minimum Gasteiger partial charge on any atom is -0.392 e. The minimum atomic E-state index is -0.403. The molecule has 1 amide bonds. The van der Waals surface area contributed by atoms with Gasteiger partial charge in [-0.15, -0.1) is 0 Å². The number of rotatable bonds is 6. The molecule has 5 rings (SSSR count). The quantitative estimate of drug-likeness (QED) is 0.286. The number of nitrogens with one attached hydrogen (secondary N) is 3. The van der Waals surface area contributed by atoms with Gasteiger partial charge in [0.25, 0.3) is 11.1 Å². The molecule has 188 valence electrons. The Morgan fingerprint density at radius 3 is 2.57 bits per heavy atom. The van der Waals surface area contributed by atoms with Crippen molar-refractivity contribution in [3.63, 3.8) is 0 Å². The van der Waals surface area contributed by atoms with Gasteiger partial charge in [-0.1, -0.05) is 36.4 Å². The number of aliphatic hydroxyl groups is 1. The first-order valence-electron chi connectivity index (χ1n) is 11.9. The predicted octanol–water partition coefficient (Wildman–Crippen LogP) is 2.98. The molecule has 9 heteroatoms. The van der Waals surface area contributed by atoms with Gasteiger partial charge >= 0.3 is 0 Å². The van der Waals surface area contributed by atoms with Crippen LogP contribution >= 0.6 is 0 Å². The van der Waals surface area contributed by atoms with E-state index in [1.165, 1.54) is 4.68 Å². The maximum absolute atomic E-state index is 13.1. The fourth-order valence-corrected chi connectivity index (χ4v) is 4.90. The van der Waals surface area contributed by atoms with Crippen molar-refractivity contribution in [3.05, 3.63) is 103 Å². The second-order valence-electron chi connectivity index (χ2n) is 9.23. The Hall–Kier alpha value is -4.50. The van der Waals surface area contributed by atoms with E-state index in [-0.39, 0.29) is 30.1 Å². The lowest BCUT2D eigenvalue weighted by Gasteiger charge is -2.14. The van der Waals surface area contributed by atoms with Crippen molar-refractivity contribution in [1.29, 1.82) is 0 Å². The van der Waals surface area contributed by atoms with Crippen molar-refractivity contribution in [2.24, 2.45) is 7.05 Å². The first-order valence-corrected chi connectivity index (χ1v) is 11.9. The van der Waals surface area contributed by atoms with Crippen LogP contribution in [-0.4, -0.2) is 30.8 Å². The molecule has 4 N–H and O–H groups in total. The zero-order valence-electron chi connectivity index (χ0n) is 20.8. The second kappa shape index (κ2) is 9.51. The number of aromatic nitrogens is 4. The number of anilines is 1. The Bertz CT molecular complexity index is 1800. The van der Waals surface area contributed by atoms with Crippen molar-refractivity contribution in [3.8, 4) is 0 Å². The molecular formula is C28H27N5O4. The highest BCUT2D eigenvalue weighted by Gasteiger charge is 2.18. The fourth-order valence-electron chi connectivity index (χ4n) is 4.90. The number of carbonyl (C=O) groups excluding carboxylic acids is 1. The Labute approximate surface area is 211 Å². The standard InChI is InChI=1S/C28H27N5O4/c1-15-11-19(14-34)20-9-6-8-18(25(20)29-15)12-17-7-4-5-10-22(17)30-23(35)13-21-16(2)24-26(31-27(21)36)33(3)32-28(24)37/h4-11,34H,12-14H2,1-3H3,(H,30,35)(H,31,36)(H,32,37). The number of para-hydroxylation sites is 2. The third-order valence-electron chi connectivity index (χ3n) is 6.72. The molecule has 0 atom stereocenters. The summed E-state index contributed by atoms with van der Waals surface area (Å²) in [6.45, 7) is 3.50. The molecule has 0 aliphatic heterocycles. The van der Waals surface area contributed by atoms with Crippen molar-refractivity contribution >= 4 is 33.5 Å². The number of carbonyl (C=O) groups is 1. The molecule has 0 bridgehead atoms. The molecule has 9 nitrogen and oxygen atoms in total. The summed E-state index contributed by atoms with van der Waals surface area (Å²) in [5.41, 5.74) is 5.36. The van der Waals surface area contributed by atoms with Crippen LogP contribution in [0.3, 0.4) is 0 Å². The molecule has 5 aromatic rings. The third kappa shape index (κ3) is 4.45. The molecule has 0 aliphatic rings. The highest BCUT2D eigenvalue weighted by molar-refractivity contribution is 5.94. The van der Waals surface area contributed by atoms with Crippen LogP contribution in [0.25, 0.3) is 21.9 Å². The topological polar surface area (TPSA) is 133 Å². The molecule has 0 unspecified atom stereocenters. The number of pyridine rings is 2. The molecule has 2 aromatic carbocycles. The average molecular weight is 498 g/mol. The summed E-state index contributed by atoms with van der Waals surface area (Å²) in [5.74, 6) is -0.359. The Balaban J connectivity index is 1.45. The normalized spacial score (nSPS) is 11.4. The van der Waals surface area contributed by atoms with Gasteiger partial charge in [-0.2, -0.15) is 0 Å². The number of aromatic amines is 2. The van der Waals surface area contributed by atoms with Crippen LogP contribution in [-0.2, 0) is 31.3 Å². The van der Waals surface area contributed by atoms with E-state index in [2.05, 4.69) is 15.4 Å². The minimum absolute atomic E-state index is 0.0743. The molecule has 0 spiro atoms. The van der Waals surface area contributed by atoms with Gasteiger partial charge in [-0.05, 0) is 48.2 Å². The smallest absolute Gasteiger partial charge is 0.273 e. The SMILES string of the molecule is Cc1cc(CO)c2cccc(Cc3ccccc3NC(=O)Cc3c(C)c4c(=O)[nH]n(C)c4[nH]c3=O)c2n1.